The van der Waals surface area contributed by atoms with E-state index in [0.29, 0.717) is 13.0 Å². The highest BCUT2D eigenvalue weighted by atomic mass is 19.1. The lowest BCUT2D eigenvalue weighted by Crippen LogP contribution is -2.26. The molecule has 0 amide bonds. The Morgan fingerprint density at radius 1 is 0.906 bits per heavy atom. The van der Waals surface area contributed by atoms with Crippen molar-refractivity contribution in [3.05, 3.63) is 101 Å². The number of anilines is 2. The molecule has 0 saturated carbocycles. The van der Waals surface area contributed by atoms with Gasteiger partial charge in [0.05, 0.1) is 24.0 Å². The van der Waals surface area contributed by atoms with Crippen molar-refractivity contribution < 1.29 is 13.9 Å². The highest BCUT2D eigenvalue weighted by Crippen LogP contribution is 2.44. The van der Waals surface area contributed by atoms with E-state index in [1.54, 1.807) is 12.1 Å². The van der Waals surface area contributed by atoms with Gasteiger partial charge in [-0.15, -0.1) is 0 Å². The maximum atomic E-state index is 13.6. The summed E-state index contributed by atoms with van der Waals surface area (Å²) >= 11 is 0. The zero-order valence-corrected chi connectivity index (χ0v) is 17.9. The Morgan fingerprint density at radius 3 is 2.31 bits per heavy atom. The number of halogens is 1. The first-order valence-electron chi connectivity index (χ1n) is 11.0. The second-order valence-electron chi connectivity index (χ2n) is 8.22. The van der Waals surface area contributed by atoms with Gasteiger partial charge in [0.15, 0.2) is 5.78 Å². The van der Waals surface area contributed by atoms with E-state index in [4.69, 9.17) is 4.74 Å². The number of nitrogens with one attached hydrogen (secondary N) is 2. The number of rotatable bonds is 4. The van der Waals surface area contributed by atoms with Gasteiger partial charge in [-0.25, -0.2) is 4.39 Å². The number of carbonyl (C=O) groups excluding carboxylic acids is 1. The van der Waals surface area contributed by atoms with Gasteiger partial charge in [-0.2, -0.15) is 0 Å². The number of benzene rings is 3. The molecule has 2 N–H and O–H groups in total. The lowest BCUT2D eigenvalue weighted by atomic mass is 9.78. The normalized spacial score (nSPS) is 19.9. The second kappa shape index (κ2) is 8.50. The summed E-state index contributed by atoms with van der Waals surface area (Å²) in [6.45, 7) is 2.58. The second-order valence-corrected chi connectivity index (χ2v) is 8.22. The van der Waals surface area contributed by atoms with Gasteiger partial charge in [0, 0.05) is 17.7 Å². The van der Waals surface area contributed by atoms with Crippen LogP contribution in [-0.2, 0) is 4.79 Å². The predicted molar refractivity (Wildman–Crippen MR) is 124 cm³/mol. The summed E-state index contributed by atoms with van der Waals surface area (Å²) in [4.78, 5) is 13.5. The summed E-state index contributed by atoms with van der Waals surface area (Å²) in [5.74, 6) is 0.733. The summed E-state index contributed by atoms with van der Waals surface area (Å²) in [6, 6.07) is 22.0. The van der Waals surface area contributed by atoms with Crippen LogP contribution in [-0.4, -0.2) is 12.4 Å². The van der Waals surface area contributed by atoms with E-state index >= 15 is 0 Å². The number of ether oxygens (including phenoxy) is 1. The summed E-state index contributed by atoms with van der Waals surface area (Å²) in [7, 11) is 0. The van der Waals surface area contributed by atoms with Crippen LogP contribution in [0, 0.1) is 5.82 Å². The van der Waals surface area contributed by atoms with Crippen molar-refractivity contribution in [3.8, 4) is 5.75 Å². The SMILES string of the molecule is CCOc1ccc(C2CC(=O)C3=C(C2)Nc2ccccc2NC3c2ccc(F)cc2)cc1. The molecule has 1 aliphatic heterocycles. The Hall–Kier alpha value is -3.60. The number of ketones is 1. The molecule has 5 rings (SSSR count). The number of para-hydroxylation sites is 2. The molecule has 2 unspecified atom stereocenters. The third kappa shape index (κ3) is 3.86. The van der Waals surface area contributed by atoms with Gasteiger partial charge in [0.25, 0.3) is 0 Å². The fourth-order valence-electron chi connectivity index (χ4n) is 4.64. The van der Waals surface area contributed by atoms with Crippen LogP contribution < -0.4 is 15.4 Å². The van der Waals surface area contributed by atoms with Crippen LogP contribution in [0.3, 0.4) is 0 Å². The van der Waals surface area contributed by atoms with Crippen LogP contribution in [0.5, 0.6) is 5.75 Å². The molecule has 0 fully saturated rings. The summed E-state index contributed by atoms with van der Waals surface area (Å²) in [5, 5.41) is 7.05. The standard InChI is InChI=1S/C27H25FN2O2/c1-2-32-21-13-9-17(10-14-21)19-15-24-26(25(31)16-19)27(18-7-11-20(28)12-8-18)30-23-6-4-3-5-22(23)29-24/h3-14,19,27,29-30H,2,15-16H2,1H3. The van der Waals surface area contributed by atoms with E-state index in [0.717, 1.165) is 45.9 Å². The van der Waals surface area contributed by atoms with E-state index in [-0.39, 0.29) is 23.6 Å². The van der Waals surface area contributed by atoms with Crippen molar-refractivity contribution >= 4 is 17.2 Å². The van der Waals surface area contributed by atoms with E-state index in [1.165, 1.54) is 12.1 Å². The van der Waals surface area contributed by atoms with Gasteiger partial charge in [0.1, 0.15) is 11.6 Å². The van der Waals surface area contributed by atoms with Gasteiger partial charge >= 0.3 is 0 Å². The van der Waals surface area contributed by atoms with Crippen LogP contribution >= 0.6 is 0 Å². The largest absolute Gasteiger partial charge is 0.494 e. The summed E-state index contributed by atoms with van der Waals surface area (Å²) < 4.78 is 19.1. The molecule has 0 aromatic heterocycles. The average molecular weight is 429 g/mol. The number of Topliss-reactive ketones (excluding diaryl/α,β-unsaturated/α-hetero) is 1. The van der Waals surface area contributed by atoms with Crippen molar-refractivity contribution in [1.82, 2.24) is 0 Å². The molecule has 5 heteroatoms. The Balaban J connectivity index is 1.54. The first-order chi connectivity index (χ1) is 15.6. The molecular formula is C27H25FN2O2. The highest BCUT2D eigenvalue weighted by Gasteiger charge is 2.36. The van der Waals surface area contributed by atoms with Crippen molar-refractivity contribution in [2.24, 2.45) is 0 Å². The molecule has 1 aliphatic carbocycles. The fourth-order valence-corrected chi connectivity index (χ4v) is 4.64. The maximum Gasteiger partial charge on any atom is 0.163 e. The van der Waals surface area contributed by atoms with Gasteiger partial charge in [0.2, 0.25) is 0 Å². The molecule has 0 bridgehead atoms. The Morgan fingerprint density at radius 2 is 1.59 bits per heavy atom. The topological polar surface area (TPSA) is 50.4 Å². The molecular weight excluding hydrogens is 403 g/mol. The van der Waals surface area contributed by atoms with Crippen LogP contribution in [0.15, 0.2) is 84.1 Å². The molecule has 32 heavy (non-hydrogen) atoms. The number of fused-ring (bicyclic) bond motifs is 1. The Bertz CT molecular complexity index is 1170. The highest BCUT2D eigenvalue weighted by molar-refractivity contribution is 6.01. The first kappa shape index (κ1) is 20.3. The smallest absolute Gasteiger partial charge is 0.163 e. The van der Waals surface area contributed by atoms with Gasteiger partial charge in [-0.05, 0) is 66.8 Å². The summed E-state index contributed by atoms with van der Waals surface area (Å²) in [6.07, 6.45) is 1.16. The number of carbonyl (C=O) groups is 1. The zero-order valence-electron chi connectivity index (χ0n) is 17.9. The minimum Gasteiger partial charge on any atom is -0.494 e. The van der Waals surface area contributed by atoms with Crippen molar-refractivity contribution in [2.75, 3.05) is 17.2 Å². The molecule has 0 radical (unpaired) electrons. The monoisotopic (exact) mass is 428 g/mol. The third-order valence-corrected chi connectivity index (χ3v) is 6.17. The van der Waals surface area contributed by atoms with Crippen LogP contribution in [0.4, 0.5) is 15.8 Å². The molecule has 3 aromatic rings. The molecule has 4 nitrogen and oxygen atoms in total. The lowest BCUT2D eigenvalue weighted by molar-refractivity contribution is -0.116. The van der Waals surface area contributed by atoms with Gasteiger partial charge < -0.3 is 15.4 Å². The number of hydrogen-bond acceptors (Lipinski definition) is 4. The molecule has 2 atom stereocenters. The van der Waals surface area contributed by atoms with Crippen LogP contribution in [0.25, 0.3) is 0 Å². The van der Waals surface area contributed by atoms with Crippen LogP contribution in [0.1, 0.15) is 42.9 Å². The molecule has 1 heterocycles. The van der Waals surface area contributed by atoms with Gasteiger partial charge in [-0.3, -0.25) is 4.79 Å². The number of hydrogen-bond donors (Lipinski definition) is 2. The quantitative estimate of drug-likeness (QED) is 0.519. The maximum absolute atomic E-state index is 13.6. The molecule has 3 aromatic carbocycles. The minimum atomic E-state index is -0.337. The first-order valence-corrected chi connectivity index (χ1v) is 11.0. The van der Waals surface area contributed by atoms with Crippen molar-refractivity contribution in [3.63, 3.8) is 0 Å². The predicted octanol–water partition coefficient (Wildman–Crippen LogP) is 6.20. The Labute approximate surface area is 187 Å². The fraction of sp³-hybridized carbons (Fsp3) is 0.222. The third-order valence-electron chi connectivity index (χ3n) is 6.17. The van der Waals surface area contributed by atoms with Crippen LogP contribution in [0.2, 0.25) is 0 Å². The van der Waals surface area contributed by atoms with E-state index in [9.17, 15) is 9.18 Å². The molecule has 0 spiro atoms. The van der Waals surface area contributed by atoms with E-state index < -0.39 is 0 Å². The molecule has 0 saturated heterocycles. The average Bonchev–Trinajstić information content (AvgIpc) is 2.97. The zero-order chi connectivity index (χ0) is 22.1. The van der Waals surface area contributed by atoms with Crippen molar-refractivity contribution in [2.45, 2.75) is 31.7 Å². The Kier molecular flexibility index (Phi) is 5.39. The van der Waals surface area contributed by atoms with E-state index in [2.05, 4.69) is 22.8 Å². The summed E-state index contributed by atoms with van der Waals surface area (Å²) in [5.41, 5.74) is 5.50. The number of allylic oxidation sites excluding steroid dienone is 1. The van der Waals surface area contributed by atoms with Crippen molar-refractivity contribution in [1.29, 1.82) is 0 Å². The molecule has 162 valence electrons. The molecule has 2 aliphatic rings. The lowest BCUT2D eigenvalue weighted by Gasteiger charge is -2.30. The minimum absolute atomic E-state index is 0.0866. The van der Waals surface area contributed by atoms with E-state index in [1.807, 2.05) is 43.3 Å². The van der Waals surface area contributed by atoms with Gasteiger partial charge in [-0.1, -0.05) is 36.4 Å².